The van der Waals surface area contributed by atoms with Crippen LogP contribution < -0.4 is 5.32 Å². The topological polar surface area (TPSA) is 42.0 Å². The van der Waals surface area contributed by atoms with Gasteiger partial charge in [-0.05, 0) is 67.4 Å². The molecule has 4 heteroatoms. The summed E-state index contributed by atoms with van der Waals surface area (Å²) in [6.07, 6.45) is 3.22. The van der Waals surface area contributed by atoms with Crippen molar-refractivity contribution in [2.45, 2.75) is 23.6 Å². The van der Waals surface area contributed by atoms with E-state index in [1.807, 2.05) is 24.3 Å². The normalized spacial score (nSPS) is 10.4. The minimum Gasteiger partial charge on any atom is -0.322 e. The van der Waals surface area contributed by atoms with Gasteiger partial charge in [0.15, 0.2) is 0 Å². The highest BCUT2D eigenvalue weighted by Crippen LogP contribution is 2.31. The Morgan fingerprint density at radius 2 is 1.67 bits per heavy atom. The van der Waals surface area contributed by atoms with Crippen LogP contribution in [0.4, 0.5) is 5.69 Å². The number of benzene rings is 2. The molecule has 0 saturated carbocycles. The van der Waals surface area contributed by atoms with Crippen molar-refractivity contribution in [2.24, 2.45) is 0 Å². The number of carbonyl (C=O) groups is 1. The molecule has 1 heterocycles. The van der Waals surface area contributed by atoms with E-state index in [1.165, 1.54) is 16.0 Å². The number of carbonyl (C=O) groups excluding carboxylic acids is 1. The first-order valence-corrected chi connectivity index (χ1v) is 8.50. The van der Waals surface area contributed by atoms with E-state index in [9.17, 15) is 4.79 Å². The van der Waals surface area contributed by atoms with E-state index in [1.54, 1.807) is 36.3 Å². The van der Waals surface area contributed by atoms with Crippen LogP contribution in [0, 0.1) is 13.8 Å². The number of rotatable bonds is 4. The lowest BCUT2D eigenvalue weighted by molar-refractivity contribution is 0.102. The van der Waals surface area contributed by atoms with Crippen LogP contribution in [0.1, 0.15) is 21.5 Å². The van der Waals surface area contributed by atoms with Gasteiger partial charge in [-0.3, -0.25) is 9.78 Å². The van der Waals surface area contributed by atoms with Crippen molar-refractivity contribution in [3.05, 3.63) is 83.7 Å². The van der Waals surface area contributed by atoms with Crippen LogP contribution >= 0.6 is 11.8 Å². The fourth-order valence-corrected chi connectivity index (χ4v) is 3.26. The number of anilines is 1. The maximum Gasteiger partial charge on any atom is 0.255 e. The third kappa shape index (κ3) is 4.03. The highest BCUT2D eigenvalue weighted by atomic mass is 32.2. The van der Waals surface area contributed by atoms with E-state index in [0.29, 0.717) is 5.56 Å². The standard InChI is InChI=1S/C20H18N2OS/c1-14-3-4-15(2)19(13-14)24-18-7-5-17(6-8-18)22-20(23)16-9-11-21-12-10-16/h3-13H,1-2H3,(H,22,23). The van der Waals surface area contributed by atoms with E-state index in [2.05, 4.69) is 42.3 Å². The molecule has 1 N–H and O–H groups in total. The number of amides is 1. The molecule has 1 amide bonds. The van der Waals surface area contributed by atoms with Crippen LogP contribution in [0.3, 0.4) is 0 Å². The summed E-state index contributed by atoms with van der Waals surface area (Å²) in [5, 5.41) is 2.89. The number of aryl methyl sites for hydroxylation is 2. The molecule has 0 unspecified atom stereocenters. The lowest BCUT2D eigenvalue weighted by Crippen LogP contribution is -2.11. The van der Waals surface area contributed by atoms with Crippen LogP contribution in [-0.4, -0.2) is 10.9 Å². The summed E-state index contributed by atoms with van der Waals surface area (Å²) >= 11 is 1.73. The number of pyridine rings is 1. The van der Waals surface area contributed by atoms with Gasteiger partial charge in [-0.15, -0.1) is 0 Å². The predicted octanol–water partition coefficient (Wildman–Crippen LogP) is 5.10. The van der Waals surface area contributed by atoms with Crippen molar-refractivity contribution >= 4 is 23.4 Å². The lowest BCUT2D eigenvalue weighted by atomic mass is 10.2. The lowest BCUT2D eigenvalue weighted by Gasteiger charge is -2.08. The van der Waals surface area contributed by atoms with Crippen molar-refractivity contribution in [3.63, 3.8) is 0 Å². The Kier molecular flexibility index (Phi) is 4.96. The van der Waals surface area contributed by atoms with Crippen LogP contribution in [0.2, 0.25) is 0 Å². The van der Waals surface area contributed by atoms with E-state index in [0.717, 1.165) is 10.6 Å². The third-order valence-electron chi connectivity index (χ3n) is 3.63. The van der Waals surface area contributed by atoms with Crippen molar-refractivity contribution in [3.8, 4) is 0 Å². The molecule has 3 aromatic rings. The van der Waals surface area contributed by atoms with E-state index >= 15 is 0 Å². The van der Waals surface area contributed by atoms with Gasteiger partial charge in [-0.25, -0.2) is 0 Å². The molecule has 0 bridgehead atoms. The van der Waals surface area contributed by atoms with Crippen molar-refractivity contribution < 1.29 is 4.79 Å². The highest BCUT2D eigenvalue weighted by molar-refractivity contribution is 7.99. The molecule has 3 rings (SSSR count). The maximum absolute atomic E-state index is 12.1. The van der Waals surface area contributed by atoms with Crippen molar-refractivity contribution in [1.29, 1.82) is 0 Å². The molecule has 0 spiro atoms. The largest absolute Gasteiger partial charge is 0.322 e. The van der Waals surface area contributed by atoms with Crippen LogP contribution in [0.5, 0.6) is 0 Å². The summed E-state index contributed by atoms with van der Waals surface area (Å²) in [6, 6.07) is 17.7. The summed E-state index contributed by atoms with van der Waals surface area (Å²) in [6.45, 7) is 4.21. The molecule has 24 heavy (non-hydrogen) atoms. The molecule has 0 atom stereocenters. The second kappa shape index (κ2) is 7.32. The van der Waals surface area contributed by atoms with Gasteiger partial charge in [0.05, 0.1) is 0 Å². The molecule has 0 aliphatic rings. The minimum absolute atomic E-state index is 0.132. The Morgan fingerprint density at radius 3 is 2.38 bits per heavy atom. The van der Waals surface area contributed by atoms with E-state index in [4.69, 9.17) is 0 Å². The molecule has 0 radical (unpaired) electrons. The number of nitrogens with zero attached hydrogens (tertiary/aromatic N) is 1. The number of aromatic nitrogens is 1. The molecular weight excluding hydrogens is 316 g/mol. The SMILES string of the molecule is Cc1ccc(C)c(Sc2ccc(NC(=O)c3ccncc3)cc2)c1. The summed E-state index contributed by atoms with van der Waals surface area (Å²) in [4.78, 5) is 18.4. The molecule has 2 aromatic carbocycles. The maximum atomic E-state index is 12.1. The second-order valence-corrected chi connectivity index (χ2v) is 6.70. The van der Waals surface area contributed by atoms with E-state index in [-0.39, 0.29) is 5.91 Å². The van der Waals surface area contributed by atoms with Gasteiger partial charge >= 0.3 is 0 Å². The number of hydrogen-bond acceptors (Lipinski definition) is 3. The zero-order valence-electron chi connectivity index (χ0n) is 13.6. The van der Waals surface area contributed by atoms with Crippen molar-refractivity contribution in [2.75, 3.05) is 5.32 Å². The molecule has 0 fully saturated rings. The zero-order valence-corrected chi connectivity index (χ0v) is 14.4. The van der Waals surface area contributed by atoms with Gasteiger partial charge in [-0.1, -0.05) is 23.9 Å². The van der Waals surface area contributed by atoms with Gasteiger partial charge in [-0.2, -0.15) is 0 Å². The third-order valence-corrected chi connectivity index (χ3v) is 4.79. The molecule has 0 aliphatic carbocycles. The molecule has 3 nitrogen and oxygen atoms in total. The Bertz CT molecular complexity index is 845. The summed E-state index contributed by atoms with van der Waals surface area (Å²) in [5.41, 5.74) is 3.89. The van der Waals surface area contributed by atoms with Crippen LogP contribution in [-0.2, 0) is 0 Å². The first-order valence-electron chi connectivity index (χ1n) is 7.68. The summed E-state index contributed by atoms with van der Waals surface area (Å²) in [5.74, 6) is -0.132. The Labute approximate surface area is 146 Å². The molecule has 1 aromatic heterocycles. The smallest absolute Gasteiger partial charge is 0.255 e. The first kappa shape index (κ1) is 16.3. The number of nitrogens with one attached hydrogen (secondary N) is 1. The monoisotopic (exact) mass is 334 g/mol. The van der Waals surface area contributed by atoms with Crippen LogP contribution in [0.25, 0.3) is 0 Å². The Balaban J connectivity index is 1.69. The first-order chi connectivity index (χ1) is 11.6. The fraction of sp³-hybridized carbons (Fsp3) is 0.100. The quantitative estimate of drug-likeness (QED) is 0.721. The van der Waals surface area contributed by atoms with Gasteiger partial charge in [0, 0.05) is 33.4 Å². The minimum atomic E-state index is -0.132. The van der Waals surface area contributed by atoms with Gasteiger partial charge in [0.2, 0.25) is 0 Å². The average Bonchev–Trinajstić information content (AvgIpc) is 2.60. The average molecular weight is 334 g/mol. The van der Waals surface area contributed by atoms with Crippen molar-refractivity contribution in [1.82, 2.24) is 4.98 Å². The van der Waals surface area contributed by atoms with Gasteiger partial charge in [0.1, 0.15) is 0 Å². The fourth-order valence-electron chi connectivity index (χ4n) is 2.26. The van der Waals surface area contributed by atoms with E-state index < -0.39 is 0 Å². The molecular formula is C20H18N2OS. The van der Waals surface area contributed by atoms with Gasteiger partial charge in [0.25, 0.3) is 5.91 Å². The summed E-state index contributed by atoms with van der Waals surface area (Å²) < 4.78 is 0. The van der Waals surface area contributed by atoms with Crippen LogP contribution in [0.15, 0.2) is 76.8 Å². The summed E-state index contributed by atoms with van der Waals surface area (Å²) in [7, 11) is 0. The Morgan fingerprint density at radius 1 is 0.958 bits per heavy atom. The van der Waals surface area contributed by atoms with Gasteiger partial charge < -0.3 is 5.32 Å². The highest BCUT2D eigenvalue weighted by Gasteiger charge is 2.06. The molecule has 0 saturated heterocycles. The molecule has 120 valence electrons. The Hall–Kier alpha value is -2.59. The zero-order chi connectivity index (χ0) is 16.9. The second-order valence-electron chi connectivity index (χ2n) is 5.59. The predicted molar refractivity (Wildman–Crippen MR) is 98.7 cm³/mol. The number of hydrogen-bond donors (Lipinski definition) is 1. The molecule has 0 aliphatic heterocycles.